The molecule has 0 fully saturated rings. The molecule has 0 N–H and O–H groups in total. The average Bonchev–Trinajstić information content (AvgIpc) is 2.29. The van der Waals surface area contributed by atoms with E-state index < -0.39 is 6.43 Å². The van der Waals surface area contributed by atoms with Gasteiger partial charge >= 0.3 is 0 Å². The monoisotopic (exact) mass is 240 g/mol. The molecule has 0 amide bonds. The van der Waals surface area contributed by atoms with Crippen LogP contribution in [0.5, 0.6) is 0 Å². The first kappa shape index (κ1) is 11.0. The highest BCUT2D eigenvalue weighted by Gasteiger charge is 2.09. The van der Waals surface area contributed by atoms with Crippen LogP contribution >= 0.6 is 11.6 Å². The lowest BCUT2D eigenvalue weighted by molar-refractivity contribution is 0.146. The zero-order valence-electron chi connectivity index (χ0n) is 8.07. The molecule has 0 bridgehead atoms. The second-order valence-electron chi connectivity index (χ2n) is 3.12. The number of hydrogen-bond donors (Lipinski definition) is 0. The minimum absolute atomic E-state index is 0.245. The topological polar surface area (TPSA) is 25.8 Å². The molecule has 0 atom stereocenters. The molecule has 0 aliphatic carbocycles. The Hall–Kier alpha value is -1.55. The second-order valence-corrected chi connectivity index (χ2v) is 3.50. The first-order chi connectivity index (χ1) is 7.66. The quantitative estimate of drug-likeness (QED) is 0.748. The van der Waals surface area contributed by atoms with Crippen LogP contribution in [0.4, 0.5) is 8.78 Å². The highest BCUT2D eigenvalue weighted by molar-refractivity contribution is 6.29. The van der Waals surface area contributed by atoms with Crippen LogP contribution in [0.25, 0.3) is 11.3 Å². The van der Waals surface area contributed by atoms with Crippen LogP contribution in [-0.2, 0) is 0 Å². The van der Waals surface area contributed by atoms with E-state index in [1.165, 1.54) is 18.3 Å². The van der Waals surface area contributed by atoms with Gasteiger partial charge in [-0.15, -0.1) is 0 Å². The summed E-state index contributed by atoms with van der Waals surface area (Å²) < 4.78 is 24.9. The number of aromatic nitrogens is 2. The van der Waals surface area contributed by atoms with E-state index >= 15 is 0 Å². The molecule has 0 radical (unpaired) electrons. The summed E-state index contributed by atoms with van der Waals surface area (Å²) in [7, 11) is 0. The maximum Gasteiger partial charge on any atom is 0.280 e. The fourth-order valence-corrected chi connectivity index (χ4v) is 1.47. The molecule has 0 aromatic carbocycles. The third kappa shape index (κ3) is 2.33. The van der Waals surface area contributed by atoms with Gasteiger partial charge in [0.25, 0.3) is 6.43 Å². The third-order valence-corrected chi connectivity index (χ3v) is 2.22. The molecule has 2 rings (SSSR count). The van der Waals surface area contributed by atoms with Crippen LogP contribution in [0, 0.1) is 0 Å². The largest absolute Gasteiger partial charge is 0.280 e. The molecule has 16 heavy (non-hydrogen) atoms. The van der Waals surface area contributed by atoms with Crippen molar-refractivity contribution in [2.45, 2.75) is 6.43 Å². The van der Waals surface area contributed by atoms with E-state index in [0.717, 1.165) is 0 Å². The molecule has 0 aliphatic heterocycles. The first-order valence-corrected chi connectivity index (χ1v) is 4.91. The highest BCUT2D eigenvalue weighted by Crippen LogP contribution is 2.22. The lowest BCUT2D eigenvalue weighted by Gasteiger charge is -2.03. The zero-order valence-corrected chi connectivity index (χ0v) is 8.83. The standard InChI is InChI=1S/C11H7ClF2N2/c12-10-6-7(4-5-15-10)8-2-1-3-9(16-8)11(13)14/h1-6,11H. The number of hydrogen-bond acceptors (Lipinski definition) is 2. The van der Waals surface area contributed by atoms with Crippen molar-refractivity contribution in [1.29, 1.82) is 0 Å². The zero-order chi connectivity index (χ0) is 11.5. The number of pyridine rings is 2. The van der Waals surface area contributed by atoms with Gasteiger partial charge in [0.1, 0.15) is 10.8 Å². The Labute approximate surface area is 95.9 Å². The van der Waals surface area contributed by atoms with Gasteiger partial charge in [0.05, 0.1) is 5.69 Å². The smallest absolute Gasteiger partial charge is 0.247 e. The summed E-state index contributed by atoms with van der Waals surface area (Å²) in [5.41, 5.74) is 0.884. The van der Waals surface area contributed by atoms with Gasteiger partial charge < -0.3 is 0 Å². The van der Waals surface area contributed by atoms with Crippen molar-refractivity contribution in [3.8, 4) is 11.3 Å². The number of halogens is 3. The Morgan fingerprint density at radius 1 is 1.19 bits per heavy atom. The van der Waals surface area contributed by atoms with Gasteiger partial charge in [-0.2, -0.15) is 0 Å². The molecule has 0 unspecified atom stereocenters. The number of rotatable bonds is 2. The van der Waals surface area contributed by atoms with Crippen molar-refractivity contribution in [3.63, 3.8) is 0 Å². The molecule has 0 aliphatic rings. The summed E-state index contributed by atoms with van der Waals surface area (Å²) in [5.74, 6) is 0. The Morgan fingerprint density at radius 3 is 2.69 bits per heavy atom. The normalized spacial score (nSPS) is 10.8. The van der Waals surface area contributed by atoms with Crippen molar-refractivity contribution in [1.82, 2.24) is 9.97 Å². The van der Waals surface area contributed by atoms with Crippen molar-refractivity contribution in [3.05, 3.63) is 47.4 Å². The molecular weight excluding hydrogens is 234 g/mol. The Balaban J connectivity index is 2.44. The van der Waals surface area contributed by atoms with Gasteiger partial charge in [0, 0.05) is 11.8 Å². The molecule has 82 valence electrons. The van der Waals surface area contributed by atoms with E-state index in [0.29, 0.717) is 16.4 Å². The van der Waals surface area contributed by atoms with Crippen molar-refractivity contribution in [2.75, 3.05) is 0 Å². The van der Waals surface area contributed by atoms with E-state index in [1.54, 1.807) is 18.2 Å². The second kappa shape index (κ2) is 4.53. The highest BCUT2D eigenvalue weighted by atomic mass is 35.5. The molecule has 0 saturated carbocycles. The summed E-state index contributed by atoms with van der Waals surface area (Å²) in [5, 5.41) is 0.307. The first-order valence-electron chi connectivity index (χ1n) is 4.54. The minimum atomic E-state index is -2.57. The molecule has 0 saturated heterocycles. The van der Waals surface area contributed by atoms with Crippen LogP contribution in [-0.4, -0.2) is 9.97 Å². The number of alkyl halides is 2. The Bertz CT molecular complexity index is 503. The van der Waals surface area contributed by atoms with Gasteiger partial charge in [-0.25, -0.2) is 18.7 Å². The predicted octanol–water partition coefficient (Wildman–Crippen LogP) is 3.73. The summed E-state index contributed by atoms with van der Waals surface area (Å²) >= 11 is 5.71. The van der Waals surface area contributed by atoms with E-state index in [2.05, 4.69) is 9.97 Å². The van der Waals surface area contributed by atoms with Crippen molar-refractivity contribution >= 4 is 11.6 Å². The summed E-state index contributed by atoms with van der Waals surface area (Å²) in [6.45, 7) is 0. The molecule has 5 heteroatoms. The molecule has 2 aromatic heterocycles. The maximum atomic E-state index is 12.4. The van der Waals surface area contributed by atoms with Gasteiger partial charge in [-0.3, -0.25) is 0 Å². The fourth-order valence-electron chi connectivity index (χ4n) is 1.30. The van der Waals surface area contributed by atoms with Gasteiger partial charge in [0.2, 0.25) is 0 Å². The molecule has 2 nitrogen and oxygen atoms in total. The van der Waals surface area contributed by atoms with Gasteiger partial charge in [-0.1, -0.05) is 17.7 Å². The van der Waals surface area contributed by atoms with E-state index in [4.69, 9.17) is 11.6 Å². The van der Waals surface area contributed by atoms with Gasteiger partial charge in [-0.05, 0) is 24.3 Å². The van der Waals surface area contributed by atoms with Crippen molar-refractivity contribution in [2.24, 2.45) is 0 Å². The Morgan fingerprint density at radius 2 is 2.00 bits per heavy atom. The van der Waals surface area contributed by atoms with Crippen LogP contribution in [0.1, 0.15) is 12.1 Å². The Kier molecular flexibility index (Phi) is 3.10. The molecule has 2 aromatic rings. The van der Waals surface area contributed by atoms with E-state index in [1.807, 2.05) is 0 Å². The van der Waals surface area contributed by atoms with Crippen molar-refractivity contribution < 1.29 is 8.78 Å². The summed E-state index contributed by atoms with van der Waals surface area (Å²) in [6.07, 6.45) is -1.06. The fraction of sp³-hybridized carbons (Fsp3) is 0.0909. The number of nitrogens with zero attached hydrogens (tertiary/aromatic N) is 2. The molecular formula is C11H7ClF2N2. The lowest BCUT2D eigenvalue weighted by atomic mass is 10.2. The van der Waals surface area contributed by atoms with Crippen LogP contribution in [0.2, 0.25) is 5.15 Å². The lowest BCUT2D eigenvalue weighted by Crippen LogP contribution is -1.92. The average molecular weight is 241 g/mol. The SMILES string of the molecule is FC(F)c1cccc(-c2ccnc(Cl)c2)n1. The van der Waals surface area contributed by atoms with E-state index in [-0.39, 0.29) is 5.69 Å². The molecule has 0 spiro atoms. The van der Waals surface area contributed by atoms with Crippen LogP contribution in [0.3, 0.4) is 0 Å². The predicted molar refractivity (Wildman–Crippen MR) is 57.4 cm³/mol. The van der Waals surface area contributed by atoms with Crippen LogP contribution in [0.15, 0.2) is 36.5 Å². The summed E-state index contributed by atoms with van der Waals surface area (Å²) in [4.78, 5) is 7.66. The van der Waals surface area contributed by atoms with Crippen LogP contribution < -0.4 is 0 Å². The van der Waals surface area contributed by atoms with E-state index in [9.17, 15) is 8.78 Å². The maximum absolute atomic E-state index is 12.4. The summed E-state index contributed by atoms with van der Waals surface area (Å²) in [6, 6.07) is 7.73. The van der Waals surface area contributed by atoms with Gasteiger partial charge in [0.15, 0.2) is 0 Å². The minimum Gasteiger partial charge on any atom is -0.247 e. The molecule has 2 heterocycles. The third-order valence-electron chi connectivity index (χ3n) is 2.02.